The maximum absolute atomic E-state index is 9.83. The third-order valence-electron chi connectivity index (χ3n) is 3.63. The molecule has 0 spiro atoms. The maximum Gasteiger partial charge on any atom is 0.125 e. The molecule has 1 fully saturated rings. The molecule has 1 N–H and O–H groups in total. The molecule has 2 rings (SSSR count). The van der Waals surface area contributed by atoms with Crippen LogP contribution in [-0.2, 0) is 4.74 Å². The number of benzene rings is 1. The number of aliphatic hydroxyl groups is 1. The molecule has 1 aliphatic carbocycles. The highest BCUT2D eigenvalue weighted by atomic mass is 79.9. The van der Waals surface area contributed by atoms with E-state index in [0.717, 1.165) is 41.5 Å². The van der Waals surface area contributed by atoms with E-state index in [2.05, 4.69) is 15.9 Å². The molecule has 1 aromatic carbocycles. The van der Waals surface area contributed by atoms with Crippen LogP contribution in [-0.4, -0.2) is 24.4 Å². The molecule has 0 heterocycles. The van der Waals surface area contributed by atoms with Crippen molar-refractivity contribution >= 4 is 15.9 Å². The fourth-order valence-electron chi connectivity index (χ4n) is 2.56. The van der Waals surface area contributed by atoms with Gasteiger partial charge in [-0.05, 0) is 44.4 Å². The molecule has 3 nitrogen and oxygen atoms in total. The molecule has 3 unspecified atom stereocenters. The van der Waals surface area contributed by atoms with Crippen LogP contribution in [0.4, 0.5) is 0 Å². The topological polar surface area (TPSA) is 38.7 Å². The molecule has 0 amide bonds. The Kier molecular flexibility index (Phi) is 5.25. The SMILES string of the molecule is COC1CCCC(Oc2ccc(Br)cc2C(C)O)C1. The second kappa shape index (κ2) is 6.73. The molecule has 4 heteroatoms. The van der Waals surface area contributed by atoms with Crippen LogP contribution in [0.1, 0.15) is 44.3 Å². The largest absolute Gasteiger partial charge is 0.490 e. The fourth-order valence-corrected chi connectivity index (χ4v) is 2.93. The van der Waals surface area contributed by atoms with Crippen LogP contribution in [0.2, 0.25) is 0 Å². The summed E-state index contributed by atoms with van der Waals surface area (Å²) in [7, 11) is 1.76. The number of rotatable bonds is 4. The molecule has 0 bridgehead atoms. The van der Waals surface area contributed by atoms with Gasteiger partial charge in [0.15, 0.2) is 0 Å². The van der Waals surface area contributed by atoms with Gasteiger partial charge >= 0.3 is 0 Å². The summed E-state index contributed by atoms with van der Waals surface area (Å²) in [5, 5.41) is 9.83. The summed E-state index contributed by atoms with van der Waals surface area (Å²) in [6.45, 7) is 1.76. The monoisotopic (exact) mass is 328 g/mol. The summed E-state index contributed by atoms with van der Waals surface area (Å²) >= 11 is 3.42. The average Bonchev–Trinajstić information content (AvgIpc) is 2.41. The van der Waals surface area contributed by atoms with E-state index in [4.69, 9.17) is 9.47 Å². The van der Waals surface area contributed by atoms with Crippen molar-refractivity contribution in [3.63, 3.8) is 0 Å². The van der Waals surface area contributed by atoms with Crippen molar-refractivity contribution < 1.29 is 14.6 Å². The van der Waals surface area contributed by atoms with Gasteiger partial charge in [0.05, 0.1) is 12.2 Å². The lowest BCUT2D eigenvalue weighted by Gasteiger charge is -2.29. The predicted molar refractivity (Wildman–Crippen MR) is 78.5 cm³/mol. The van der Waals surface area contributed by atoms with E-state index < -0.39 is 6.10 Å². The highest BCUT2D eigenvalue weighted by Crippen LogP contribution is 2.32. The highest BCUT2D eigenvalue weighted by molar-refractivity contribution is 9.10. The molecule has 0 saturated heterocycles. The lowest BCUT2D eigenvalue weighted by molar-refractivity contribution is 0.0199. The lowest BCUT2D eigenvalue weighted by atomic mass is 9.94. The minimum absolute atomic E-state index is 0.178. The lowest BCUT2D eigenvalue weighted by Crippen LogP contribution is -2.29. The molecular weight excluding hydrogens is 308 g/mol. The third kappa shape index (κ3) is 3.94. The van der Waals surface area contributed by atoms with Gasteiger partial charge in [0, 0.05) is 23.6 Å². The first kappa shape index (κ1) is 14.8. The first-order valence-corrected chi connectivity index (χ1v) is 7.56. The van der Waals surface area contributed by atoms with Crippen LogP contribution in [0.25, 0.3) is 0 Å². The molecule has 3 atom stereocenters. The molecule has 1 aromatic rings. The van der Waals surface area contributed by atoms with E-state index in [1.54, 1.807) is 14.0 Å². The summed E-state index contributed by atoms with van der Waals surface area (Å²) < 4.78 is 12.4. The summed E-state index contributed by atoms with van der Waals surface area (Å²) in [6, 6.07) is 5.77. The van der Waals surface area contributed by atoms with Gasteiger partial charge in [-0.1, -0.05) is 15.9 Å². The van der Waals surface area contributed by atoms with Gasteiger partial charge in [-0.25, -0.2) is 0 Å². The standard InChI is InChI=1S/C15H21BrO3/c1-10(17)14-8-11(16)6-7-15(14)19-13-5-3-4-12(9-13)18-2/h6-8,10,12-13,17H,3-5,9H2,1-2H3. The fraction of sp³-hybridized carbons (Fsp3) is 0.600. The number of halogens is 1. The Hall–Kier alpha value is -0.580. The molecule has 1 aliphatic rings. The van der Waals surface area contributed by atoms with Crippen molar-refractivity contribution in [1.29, 1.82) is 0 Å². The Labute approximate surface area is 123 Å². The zero-order valence-corrected chi connectivity index (χ0v) is 13.0. The van der Waals surface area contributed by atoms with Crippen LogP contribution in [0.3, 0.4) is 0 Å². The maximum atomic E-state index is 9.83. The number of hydrogen-bond acceptors (Lipinski definition) is 3. The van der Waals surface area contributed by atoms with E-state index in [-0.39, 0.29) is 6.10 Å². The Morgan fingerprint density at radius 2 is 2.05 bits per heavy atom. The average molecular weight is 329 g/mol. The quantitative estimate of drug-likeness (QED) is 0.912. The highest BCUT2D eigenvalue weighted by Gasteiger charge is 2.24. The summed E-state index contributed by atoms with van der Waals surface area (Å²) in [5.74, 6) is 0.778. The third-order valence-corrected chi connectivity index (χ3v) is 4.12. The second-order valence-electron chi connectivity index (χ2n) is 5.12. The second-order valence-corrected chi connectivity index (χ2v) is 6.04. The molecule has 1 saturated carbocycles. The number of methoxy groups -OCH3 is 1. The molecule has 19 heavy (non-hydrogen) atoms. The summed E-state index contributed by atoms with van der Waals surface area (Å²) in [6.07, 6.45) is 4.15. The van der Waals surface area contributed by atoms with Crippen LogP contribution in [0, 0.1) is 0 Å². The molecular formula is C15H21BrO3. The Balaban J connectivity index is 2.10. The Morgan fingerprint density at radius 1 is 1.32 bits per heavy atom. The molecule has 106 valence electrons. The van der Waals surface area contributed by atoms with E-state index in [1.807, 2.05) is 18.2 Å². The van der Waals surface area contributed by atoms with Crippen molar-refractivity contribution in [2.45, 2.75) is 50.9 Å². The summed E-state index contributed by atoms with van der Waals surface area (Å²) in [4.78, 5) is 0. The van der Waals surface area contributed by atoms with Crippen molar-refractivity contribution in [3.8, 4) is 5.75 Å². The molecule has 0 aliphatic heterocycles. The molecule has 0 aromatic heterocycles. The minimum Gasteiger partial charge on any atom is -0.490 e. The zero-order chi connectivity index (χ0) is 13.8. The van der Waals surface area contributed by atoms with Gasteiger partial charge < -0.3 is 14.6 Å². The van der Waals surface area contributed by atoms with Crippen molar-refractivity contribution in [3.05, 3.63) is 28.2 Å². The minimum atomic E-state index is -0.533. The van der Waals surface area contributed by atoms with Crippen molar-refractivity contribution in [2.75, 3.05) is 7.11 Å². The first-order chi connectivity index (χ1) is 9.10. The van der Waals surface area contributed by atoms with Crippen LogP contribution in [0.5, 0.6) is 5.75 Å². The first-order valence-electron chi connectivity index (χ1n) is 6.77. The van der Waals surface area contributed by atoms with Crippen LogP contribution < -0.4 is 4.74 Å². The van der Waals surface area contributed by atoms with Crippen molar-refractivity contribution in [1.82, 2.24) is 0 Å². The van der Waals surface area contributed by atoms with Crippen LogP contribution in [0.15, 0.2) is 22.7 Å². The Bertz CT molecular complexity index is 420. The number of aliphatic hydroxyl groups excluding tert-OH is 1. The van der Waals surface area contributed by atoms with Gasteiger partial charge in [0.25, 0.3) is 0 Å². The van der Waals surface area contributed by atoms with Crippen LogP contribution >= 0.6 is 15.9 Å². The Morgan fingerprint density at radius 3 is 2.74 bits per heavy atom. The van der Waals surface area contributed by atoms with E-state index >= 15 is 0 Å². The van der Waals surface area contributed by atoms with E-state index in [1.165, 1.54) is 0 Å². The summed E-state index contributed by atoms with van der Waals surface area (Å²) in [5.41, 5.74) is 0.828. The van der Waals surface area contributed by atoms with Gasteiger partial charge in [-0.15, -0.1) is 0 Å². The van der Waals surface area contributed by atoms with Gasteiger partial charge in [0.2, 0.25) is 0 Å². The zero-order valence-electron chi connectivity index (χ0n) is 11.4. The van der Waals surface area contributed by atoms with E-state index in [0.29, 0.717) is 6.10 Å². The van der Waals surface area contributed by atoms with Gasteiger partial charge in [0.1, 0.15) is 11.9 Å². The van der Waals surface area contributed by atoms with E-state index in [9.17, 15) is 5.11 Å². The molecule has 0 radical (unpaired) electrons. The predicted octanol–water partition coefficient (Wildman–Crippen LogP) is 3.84. The van der Waals surface area contributed by atoms with Gasteiger partial charge in [-0.3, -0.25) is 0 Å². The van der Waals surface area contributed by atoms with Gasteiger partial charge in [-0.2, -0.15) is 0 Å². The number of ether oxygens (including phenoxy) is 2. The number of hydrogen-bond donors (Lipinski definition) is 1. The smallest absolute Gasteiger partial charge is 0.125 e. The normalized spacial score (nSPS) is 25.1. The van der Waals surface area contributed by atoms with Crippen molar-refractivity contribution in [2.24, 2.45) is 0 Å².